The van der Waals surface area contributed by atoms with Gasteiger partial charge in [-0.1, -0.05) is 36.4 Å². The number of rotatable bonds is 2. The molecule has 0 radical (unpaired) electrons. The lowest BCUT2D eigenvalue weighted by molar-refractivity contribution is 0.102. The van der Waals surface area contributed by atoms with E-state index in [1.54, 1.807) is 11.4 Å². The Morgan fingerprint density at radius 1 is 1.11 bits per heavy atom. The van der Waals surface area contributed by atoms with E-state index in [-0.39, 0.29) is 5.78 Å². The van der Waals surface area contributed by atoms with Crippen molar-refractivity contribution in [2.24, 2.45) is 0 Å². The summed E-state index contributed by atoms with van der Waals surface area (Å²) in [5, 5.41) is 4.56. The standard InChI is InChI=1S/C16H14N2O/c1-11-8-9-14-15(12(2)19)16(17-18(14)10-11)13-6-4-3-5-7-13/h3-10H,1-2H3. The first kappa shape index (κ1) is 11.7. The minimum Gasteiger partial charge on any atom is -0.294 e. The van der Waals surface area contributed by atoms with Gasteiger partial charge in [0.15, 0.2) is 5.78 Å². The van der Waals surface area contributed by atoms with E-state index in [0.717, 1.165) is 22.3 Å². The molecule has 0 atom stereocenters. The third-order valence-electron chi connectivity index (χ3n) is 3.18. The summed E-state index contributed by atoms with van der Waals surface area (Å²) in [6, 6.07) is 13.8. The maximum absolute atomic E-state index is 11.9. The fraction of sp³-hybridized carbons (Fsp3) is 0.125. The van der Waals surface area contributed by atoms with Crippen molar-refractivity contribution in [2.75, 3.05) is 0 Å². The second-order valence-corrected chi connectivity index (χ2v) is 4.68. The van der Waals surface area contributed by atoms with Crippen LogP contribution in [0.15, 0.2) is 48.7 Å². The van der Waals surface area contributed by atoms with E-state index in [4.69, 9.17) is 0 Å². The first-order valence-corrected chi connectivity index (χ1v) is 6.22. The average molecular weight is 250 g/mol. The Morgan fingerprint density at radius 3 is 2.53 bits per heavy atom. The number of carbonyl (C=O) groups excluding carboxylic acids is 1. The van der Waals surface area contributed by atoms with E-state index >= 15 is 0 Å². The van der Waals surface area contributed by atoms with Crippen LogP contribution in [0.3, 0.4) is 0 Å². The number of aryl methyl sites for hydroxylation is 1. The maximum Gasteiger partial charge on any atom is 0.164 e. The highest BCUT2D eigenvalue weighted by Crippen LogP contribution is 2.26. The number of benzene rings is 1. The molecule has 0 saturated carbocycles. The zero-order valence-electron chi connectivity index (χ0n) is 10.9. The Balaban J connectivity index is 2.35. The molecule has 2 aromatic heterocycles. The van der Waals surface area contributed by atoms with Crippen molar-refractivity contribution in [2.45, 2.75) is 13.8 Å². The number of ketones is 1. The van der Waals surface area contributed by atoms with Gasteiger partial charge < -0.3 is 0 Å². The van der Waals surface area contributed by atoms with Crippen LogP contribution in [0.2, 0.25) is 0 Å². The third-order valence-corrected chi connectivity index (χ3v) is 3.18. The lowest BCUT2D eigenvalue weighted by Crippen LogP contribution is -1.94. The number of Topliss-reactive ketones (excluding diaryl/α,β-unsaturated/α-hetero) is 1. The lowest BCUT2D eigenvalue weighted by Gasteiger charge is -1.99. The smallest absolute Gasteiger partial charge is 0.164 e. The van der Waals surface area contributed by atoms with Crippen LogP contribution in [-0.4, -0.2) is 15.4 Å². The second-order valence-electron chi connectivity index (χ2n) is 4.68. The summed E-state index contributed by atoms with van der Waals surface area (Å²) in [6.45, 7) is 3.60. The van der Waals surface area contributed by atoms with Gasteiger partial charge in [-0.25, -0.2) is 4.52 Å². The van der Waals surface area contributed by atoms with E-state index in [9.17, 15) is 4.79 Å². The molecular formula is C16H14N2O. The normalized spacial score (nSPS) is 10.8. The first-order chi connectivity index (χ1) is 9.16. The molecule has 0 aliphatic rings. The largest absolute Gasteiger partial charge is 0.294 e. The van der Waals surface area contributed by atoms with Crippen LogP contribution in [0.5, 0.6) is 0 Å². The van der Waals surface area contributed by atoms with Crippen LogP contribution in [0.4, 0.5) is 0 Å². The zero-order valence-corrected chi connectivity index (χ0v) is 10.9. The SMILES string of the molecule is CC(=O)c1c(-c2ccccc2)nn2cc(C)ccc12. The van der Waals surface area contributed by atoms with Crippen molar-refractivity contribution in [1.29, 1.82) is 0 Å². The molecule has 3 rings (SSSR count). The Hall–Kier alpha value is -2.42. The van der Waals surface area contributed by atoms with Gasteiger partial charge in [-0.2, -0.15) is 5.10 Å². The average Bonchev–Trinajstić information content (AvgIpc) is 2.78. The minimum absolute atomic E-state index is 0.0395. The van der Waals surface area contributed by atoms with E-state index in [0.29, 0.717) is 5.56 Å². The maximum atomic E-state index is 11.9. The Morgan fingerprint density at radius 2 is 1.84 bits per heavy atom. The van der Waals surface area contributed by atoms with Crippen molar-refractivity contribution >= 4 is 11.3 Å². The van der Waals surface area contributed by atoms with Gasteiger partial charge >= 0.3 is 0 Å². The molecule has 0 aliphatic heterocycles. The summed E-state index contributed by atoms with van der Waals surface area (Å²) in [5.74, 6) is 0.0395. The molecule has 0 saturated heterocycles. The van der Waals surface area contributed by atoms with Crippen LogP contribution in [0.25, 0.3) is 16.8 Å². The Bertz CT molecular complexity index is 757. The number of hydrogen-bond acceptors (Lipinski definition) is 2. The van der Waals surface area contributed by atoms with E-state index in [2.05, 4.69) is 5.10 Å². The van der Waals surface area contributed by atoms with E-state index in [1.165, 1.54) is 0 Å². The van der Waals surface area contributed by atoms with E-state index in [1.807, 2.05) is 55.6 Å². The number of carbonyl (C=O) groups is 1. The van der Waals surface area contributed by atoms with Crippen LogP contribution >= 0.6 is 0 Å². The summed E-state index contributed by atoms with van der Waals surface area (Å²) in [7, 11) is 0. The summed E-state index contributed by atoms with van der Waals surface area (Å²) < 4.78 is 1.79. The molecule has 3 nitrogen and oxygen atoms in total. The highest BCUT2D eigenvalue weighted by Gasteiger charge is 2.17. The molecule has 0 N–H and O–H groups in total. The fourth-order valence-corrected chi connectivity index (χ4v) is 2.30. The lowest BCUT2D eigenvalue weighted by atomic mass is 10.0. The van der Waals surface area contributed by atoms with Crippen molar-refractivity contribution in [3.8, 4) is 11.3 Å². The molecule has 19 heavy (non-hydrogen) atoms. The molecule has 1 aromatic carbocycles. The van der Waals surface area contributed by atoms with Gasteiger partial charge in [-0.3, -0.25) is 4.79 Å². The number of aromatic nitrogens is 2. The third kappa shape index (κ3) is 1.93. The number of pyridine rings is 1. The van der Waals surface area contributed by atoms with Gasteiger partial charge in [0.1, 0.15) is 5.69 Å². The molecule has 3 aromatic rings. The molecule has 2 heterocycles. The van der Waals surface area contributed by atoms with Crippen LogP contribution in [-0.2, 0) is 0 Å². The number of fused-ring (bicyclic) bond motifs is 1. The van der Waals surface area contributed by atoms with Crippen molar-refractivity contribution in [1.82, 2.24) is 9.61 Å². The van der Waals surface area contributed by atoms with Gasteiger partial charge in [0, 0.05) is 11.8 Å². The number of hydrogen-bond donors (Lipinski definition) is 0. The molecule has 0 fully saturated rings. The molecule has 0 unspecified atom stereocenters. The molecule has 94 valence electrons. The minimum atomic E-state index is 0.0395. The Kier molecular flexibility index (Phi) is 2.67. The molecule has 0 amide bonds. The van der Waals surface area contributed by atoms with Gasteiger partial charge in [0.25, 0.3) is 0 Å². The zero-order chi connectivity index (χ0) is 13.4. The summed E-state index contributed by atoms with van der Waals surface area (Å²) in [4.78, 5) is 11.9. The molecular weight excluding hydrogens is 236 g/mol. The summed E-state index contributed by atoms with van der Waals surface area (Å²) >= 11 is 0. The van der Waals surface area contributed by atoms with Crippen LogP contribution in [0.1, 0.15) is 22.8 Å². The van der Waals surface area contributed by atoms with Crippen molar-refractivity contribution < 1.29 is 4.79 Å². The van der Waals surface area contributed by atoms with Gasteiger partial charge in [-0.15, -0.1) is 0 Å². The van der Waals surface area contributed by atoms with Crippen LogP contribution in [0, 0.1) is 6.92 Å². The monoisotopic (exact) mass is 250 g/mol. The van der Waals surface area contributed by atoms with Crippen molar-refractivity contribution in [3.05, 3.63) is 59.8 Å². The highest BCUT2D eigenvalue weighted by atomic mass is 16.1. The van der Waals surface area contributed by atoms with Gasteiger partial charge in [0.2, 0.25) is 0 Å². The van der Waals surface area contributed by atoms with Gasteiger partial charge in [-0.05, 0) is 25.5 Å². The summed E-state index contributed by atoms with van der Waals surface area (Å²) in [5.41, 5.74) is 4.38. The van der Waals surface area contributed by atoms with Crippen LogP contribution < -0.4 is 0 Å². The molecule has 0 bridgehead atoms. The fourth-order valence-electron chi connectivity index (χ4n) is 2.30. The molecule has 0 spiro atoms. The quantitative estimate of drug-likeness (QED) is 0.652. The molecule has 0 aliphatic carbocycles. The second kappa shape index (κ2) is 4.35. The van der Waals surface area contributed by atoms with E-state index < -0.39 is 0 Å². The highest BCUT2D eigenvalue weighted by molar-refractivity contribution is 6.06. The molecule has 3 heteroatoms. The topological polar surface area (TPSA) is 34.4 Å². The van der Waals surface area contributed by atoms with Gasteiger partial charge in [0.05, 0.1) is 11.1 Å². The van der Waals surface area contributed by atoms with Crippen molar-refractivity contribution in [3.63, 3.8) is 0 Å². The summed E-state index contributed by atoms with van der Waals surface area (Å²) in [6.07, 6.45) is 1.94. The predicted octanol–water partition coefficient (Wildman–Crippen LogP) is 3.51. The number of nitrogens with zero attached hydrogens (tertiary/aromatic N) is 2. The predicted molar refractivity (Wildman–Crippen MR) is 75.4 cm³/mol. The Labute approximate surface area is 111 Å². The first-order valence-electron chi connectivity index (χ1n) is 6.22.